The van der Waals surface area contributed by atoms with Gasteiger partial charge in [-0.15, -0.1) is 0 Å². The second-order valence-corrected chi connectivity index (χ2v) is 11.9. The zero-order valence-electron chi connectivity index (χ0n) is 22.1. The minimum absolute atomic E-state index is 0.140. The average molecular weight is 508 g/mol. The molecule has 1 aromatic rings. The summed E-state index contributed by atoms with van der Waals surface area (Å²) in [6.45, 7) is 7.60. The molecule has 9 nitrogen and oxygen atoms in total. The molecule has 200 valence electrons. The van der Waals surface area contributed by atoms with Crippen molar-refractivity contribution in [2.45, 2.75) is 82.7 Å². The second-order valence-electron chi connectivity index (χ2n) is 11.9. The summed E-state index contributed by atoms with van der Waals surface area (Å²) in [5.41, 5.74) is 0.806. The van der Waals surface area contributed by atoms with Crippen molar-refractivity contribution >= 4 is 23.3 Å². The third-order valence-electron chi connectivity index (χ3n) is 9.35. The molecule has 5 aliphatic rings. The number of carbonyl (C=O) groups excluding carboxylic acids is 1. The van der Waals surface area contributed by atoms with Gasteiger partial charge in [0.15, 0.2) is 0 Å². The SMILES string of the molecule is C[C@H]1CNCCCN1c1nc(C(=N)C2=C(O)[C@]3(CCCCC3=O)CCC2)cc(N2CCNC3(CC3)C2)n1. The first kappa shape index (κ1) is 24.8. The molecule has 3 heterocycles. The zero-order valence-corrected chi connectivity index (χ0v) is 22.1. The van der Waals surface area contributed by atoms with Gasteiger partial charge in [0.2, 0.25) is 5.95 Å². The maximum Gasteiger partial charge on any atom is 0.228 e. The molecular formula is C28H41N7O2. The van der Waals surface area contributed by atoms with Crippen LogP contribution in [0.3, 0.4) is 0 Å². The number of allylic oxidation sites excluding steroid dienone is 2. The van der Waals surface area contributed by atoms with Crippen molar-refractivity contribution in [1.82, 2.24) is 20.6 Å². The molecule has 2 atom stereocenters. The summed E-state index contributed by atoms with van der Waals surface area (Å²) in [6.07, 6.45) is 8.56. The van der Waals surface area contributed by atoms with Gasteiger partial charge in [0.1, 0.15) is 17.4 Å². The van der Waals surface area contributed by atoms with Crippen LogP contribution in [-0.4, -0.2) is 77.4 Å². The van der Waals surface area contributed by atoms with E-state index < -0.39 is 5.41 Å². The van der Waals surface area contributed by atoms with Crippen LogP contribution in [0, 0.1) is 10.8 Å². The van der Waals surface area contributed by atoms with Crippen LogP contribution in [0.15, 0.2) is 17.4 Å². The first-order valence-corrected chi connectivity index (χ1v) is 14.3. The summed E-state index contributed by atoms with van der Waals surface area (Å²) in [5, 5.41) is 27.9. The molecule has 4 fully saturated rings. The van der Waals surface area contributed by atoms with Crippen molar-refractivity contribution < 1.29 is 9.90 Å². The van der Waals surface area contributed by atoms with Crippen molar-refractivity contribution in [3.63, 3.8) is 0 Å². The van der Waals surface area contributed by atoms with E-state index in [0.717, 1.165) is 70.8 Å². The first-order valence-electron chi connectivity index (χ1n) is 14.3. The monoisotopic (exact) mass is 507 g/mol. The number of hydrogen-bond donors (Lipinski definition) is 4. The van der Waals surface area contributed by atoms with E-state index in [4.69, 9.17) is 9.97 Å². The van der Waals surface area contributed by atoms with E-state index in [1.165, 1.54) is 12.8 Å². The molecule has 0 unspecified atom stereocenters. The highest BCUT2D eigenvalue weighted by molar-refractivity contribution is 6.11. The molecule has 0 bridgehead atoms. The van der Waals surface area contributed by atoms with Crippen molar-refractivity contribution in [2.24, 2.45) is 5.41 Å². The van der Waals surface area contributed by atoms with Gasteiger partial charge in [-0.1, -0.05) is 6.42 Å². The lowest BCUT2D eigenvalue weighted by molar-refractivity contribution is -0.131. The lowest BCUT2D eigenvalue weighted by atomic mass is 9.64. The Bertz CT molecular complexity index is 1110. The Morgan fingerprint density at radius 1 is 1.08 bits per heavy atom. The highest BCUT2D eigenvalue weighted by Gasteiger charge is 2.48. The maximum absolute atomic E-state index is 13.0. The van der Waals surface area contributed by atoms with E-state index >= 15 is 0 Å². The van der Waals surface area contributed by atoms with Gasteiger partial charge in [-0.3, -0.25) is 10.2 Å². The number of piperazine rings is 1. The molecule has 37 heavy (non-hydrogen) atoms. The molecule has 0 amide bonds. The van der Waals surface area contributed by atoms with Crippen molar-refractivity contribution in [2.75, 3.05) is 49.1 Å². The third-order valence-corrected chi connectivity index (χ3v) is 9.35. The van der Waals surface area contributed by atoms with Crippen LogP contribution < -0.4 is 20.4 Å². The number of hydrogen-bond acceptors (Lipinski definition) is 9. The van der Waals surface area contributed by atoms with Crippen LogP contribution in [-0.2, 0) is 4.79 Å². The topological polar surface area (TPSA) is 117 Å². The number of nitrogens with zero attached hydrogens (tertiary/aromatic N) is 4. The lowest BCUT2D eigenvalue weighted by Gasteiger charge is -2.39. The van der Waals surface area contributed by atoms with E-state index in [1.54, 1.807) is 0 Å². The Balaban J connectivity index is 1.39. The molecule has 0 aromatic carbocycles. The smallest absolute Gasteiger partial charge is 0.228 e. The maximum atomic E-state index is 13.0. The average Bonchev–Trinajstić information content (AvgIpc) is 3.69. The number of aromatic nitrogens is 2. The van der Waals surface area contributed by atoms with Crippen LogP contribution in [0.25, 0.3) is 0 Å². The quantitative estimate of drug-likeness (QED) is 0.460. The predicted octanol–water partition coefficient (Wildman–Crippen LogP) is 3.10. The van der Waals surface area contributed by atoms with Gasteiger partial charge in [-0.25, -0.2) is 4.98 Å². The van der Waals surface area contributed by atoms with Gasteiger partial charge in [-0.2, -0.15) is 4.98 Å². The van der Waals surface area contributed by atoms with Crippen LogP contribution >= 0.6 is 0 Å². The fraction of sp³-hybridized carbons (Fsp3) is 0.714. The summed E-state index contributed by atoms with van der Waals surface area (Å²) >= 11 is 0. The molecule has 3 aliphatic carbocycles. The molecule has 2 spiro atoms. The van der Waals surface area contributed by atoms with Crippen molar-refractivity contribution in [1.29, 1.82) is 5.41 Å². The first-order chi connectivity index (χ1) is 17.9. The van der Waals surface area contributed by atoms with Crippen molar-refractivity contribution in [3.8, 4) is 0 Å². The van der Waals surface area contributed by atoms with E-state index in [9.17, 15) is 15.3 Å². The van der Waals surface area contributed by atoms with Gasteiger partial charge in [0.05, 0.1) is 16.8 Å². The highest BCUT2D eigenvalue weighted by atomic mass is 16.3. The fourth-order valence-electron chi connectivity index (χ4n) is 6.89. The molecule has 9 heteroatoms. The summed E-state index contributed by atoms with van der Waals surface area (Å²) < 4.78 is 0. The standard InChI is InChI=1S/C28H41N7O2/c1-19-17-30-12-5-14-35(19)26-32-21(16-23(33-26)34-15-13-31-27(18-34)10-11-27)24(29)20-6-4-9-28(25(20)37)8-3-2-7-22(28)36/h16,19,29-31,37H,2-15,17-18H2,1H3/t19-,28+/m0/s1. The van der Waals surface area contributed by atoms with E-state index in [0.29, 0.717) is 42.9 Å². The Labute approximate surface area is 219 Å². The van der Waals surface area contributed by atoms with E-state index in [1.807, 2.05) is 6.07 Å². The fourth-order valence-corrected chi connectivity index (χ4v) is 6.89. The third kappa shape index (κ3) is 4.54. The summed E-state index contributed by atoms with van der Waals surface area (Å²) in [7, 11) is 0. The minimum Gasteiger partial charge on any atom is -0.511 e. The van der Waals surface area contributed by atoms with Gasteiger partial charge >= 0.3 is 0 Å². The predicted molar refractivity (Wildman–Crippen MR) is 145 cm³/mol. The van der Waals surface area contributed by atoms with Crippen LogP contribution in [0.5, 0.6) is 0 Å². The molecule has 2 aliphatic heterocycles. The number of Topliss-reactive ketones (excluding diaryl/α,β-unsaturated/α-hetero) is 1. The van der Waals surface area contributed by atoms with Crippen molar-refractivity contribution in [3.05, 3.63) is 23.1 Å². The summed E-state index contributed by atoms with van der Waals surface area (Å²) in [5.74, 6) is 1.81. The Kier molecular flexibility index (Phi) is 6.47. The number of anilines is 2. The number of rotatable bonds is 4. The minimum atomic E-state index is -0.793. The largest absolute Gasteiger partial charge is 0.511 e. The molecule has 1 aromatic heterocycles. The van der Waals surface area contributed by atoms with Gasteiger partial charge in [0.25, 0.3) is 0 Å². The molecule has 6 rings (SSSR count). The molecule has 2 saturated carbocycles. The van der Waals surface area contributed by atoms with E-state index in [2.05, 4.69) is 27.4 Å². The number of nitrogens with one attached hydrogen (secondary N) is 3. The molecule has 0 radical (unpaired) electrons. The number of ketones is 1. The van der Waals surface area contributed by atoms with E-state index in [-0.39, 0.29) is 28.8 Å². The lowest BCUT2D eigenvalue weighted by Crippen LogP contribution is -2.53. The van der Waals surface area contributed by atoms with Gasteiger partial charge in [0, 0.05) is 62.4 Å². The molecule has 2 saturated heterocycles. The highest BCUT2D eigenvalue weighted by Crippen LogP contribution is 2.48. The Morgan fingerprint density at radius 3 is 2.73 bits per heavy atom. The Morgan fingerprint density at radius 2 is 1.92 bits per heavy atom. The zero-order chi connectivity index (χ0) is 25.6. The van der Waals surface area contributed by atoms with Crippen LogP contribution in [0.4, 0.5) is 11.8 Å². The Hall–Kier alpha value is -2.52. The second kappa shape index (κ2) is 9.66. The molecule has 4 N–H and O–H groups in total. The summed E-state index contributed by atoms with van der Waals surface area (Å²) in [4.78, 5) is 27.6. The van der Waals surface area contributed by atoms with Crippen LogP contribution in [0.2, 0.25) is 0 Å². The normalized spacial score (nSPS) is 30.1. The number of aliphatic hydroxyl groups is 1. The van der Waals surface area contributed by atoms with Gasteiger partial charge < -0.3 is 25.5 Å². The number of aliphatic hydroxyl groups excluding tert-OH is 1. The molecular weight excluding hydrogens is 466 g/mol. The van der Waals surface area contributed by atoms with Crippen LogP contribution in [0.1, 0.15) is 76.8 Å². The number of carbonyl (C=O) groups is 1. The van der Waals surface area contributed by atoms with Gasteiger partial charge in [-0.05, 0) is 64.8 Å². The summed E-state index contributed by atoms with van der Waals surface area (Å²) in [6, 6.07) is 2.18.